The zero-order valence-electron chi connectivity index (χ0n) is 13.2. The smallest absolute Gasteiger partial charge is 0.343 e. The fourth-order valence-electron chi connectivity index (χ4n) is 1.99. The van der Waals surface area contributed by atoms with E-state index in [0.717, 1.165) is 5.56 Å². The molecule has 7 heteroatoms. The number of nitrogens with one attached hydrogen (secondary N) is 1. The summed E-state index contributed by atoms with van der Waals surface area (Å²) >= 11 is 0. The number of carbonyl (C=O) groups is 1. The van der Waals surface area contributed by atoms with Crippen LogP contribution in [0.3, 0.4) is 0 Å². The molecule has 0 amide bonds. The van der Waals surface area contributed by atoms with Crippen molar-refractivity contribution < 1.29 is 9.53 Å². The maximum atomic E-state index is 12.1. The molecule has 0 radical (unpaired) electrons. The molecule has 24 heavy (non-hydrogen) atoms. The summed E-state index contributed by atoms with van der Waals surface area (Å²) in [5.74, 6) is -0.227. The minimum absolute atomic E-state index is 0.0507. The molecule has 0 fully saturated rings. The topological polar surface area (TPSA) is 141 Å². The summed E-state index contributed by atoms with van der Waals surface area (Å²) in [5, 5.41) is 7.44. The largest absolute Gasteiger partial charge is 0.423 e. The van der Waals surface area contributed by atoms with Gasteiger partial charge in [0.25, 0.3) is 0 Å². The van der Waals surface area contributed by atoms with Crippen LogP contribution in [0.1, 0.15) is 28.8 Å². The molecule has 124 valence electrons. The summed E-state index contributed by atoms with van der Waals surface area (Å²) in [6.45, 7) is 1.83. The molecule has 0 saturated heterocycles. The number of benzene rings is 2. The third kappa shape index (κ3) is 4.33. The van der Waals surface area contributed by atoms with Crippen LogP contribution in [0.4, 0.5) is 5.69 Å². The summed E-state index contributed by atoms with van der Waals surface area (Å²) in [6, 6.07) is 13.3. The van der Waals surface area contributed by atoms with Crippen molar-refractivity contribution in [3.63, 3.8) is 0 Å². The average Bonchev–Trinajstić information content (AvgIpc) is 2.55. The Labute approximate surface area is 139 Å². The van der Waals surface area contributed by atoms with E-state index in [2.05, 4.69) is 4.99 Å². The molecule has 7 N–H and O–H groups in total. The Morgan fingerprint density at radius 1 is 1.04 bits per heavy atom. The number of esters is 1. The van der Waals surface area contributed by atoms with E-state index in [1.54, 1.807) is 48.5 Å². The first-order valence-electron chi connectivity index (χ1n) is 7.22. The van der Waals surface area contributed by atoms with Crippen molar-refractivity contribution in [2.24, 2.45) is 22.2 Å². The molecule has 0 heterocycles. The Morgan fingerprint density at radius 2 is 1.62 bits per heavy atom. The Morgan fingerprint density at radius 3 is 2.12 bits per heavy atom. The lowest BCUT2D eigenvalue weighted by molar-refractivity contribution is 0.0735. The van der Waals surface area contributed by atoms with Gasteiger partial charge < -0.3 is 21.9 Å². The molecule has 2 rings (SSSR count). The van der Waals surface area contributed by atoms with Crippen molar-refractivity contribution in [1.82, 2.24) is 0 Å². The maximum absolute atomic E-state index is 12.1. The number of ether oxygens (including phenoxy) is 1. The standard InChI is InChI=1S/C17H19N5O2/c1-10(15(18)19)11-4-8-14(9-5-11)24-16(23)12-2-6-13(7-3-12)22-17(20)21/h2-10H,1H3,(H3,18,19)(H4,20,21,22). The third-order valence-corrected chi connectivity index (χ3v) is 3.42. The molecule has 0 aliphatic heterocycles. The lowest BCUT2D eigenvalue weighted by Gasteiger charge is -2.10. The minimum Gasteiger partial charge on any atom is -0.423 e. The molecule has 0 aromatic heterocycles. The van der Waals surface area contributed by atoms with Gasteiger partial charge in [0.05, 0.1) is 17.1 Å². The van der Waals surface area contributed by atoms with Crippen LogP contribution < -0.4 is 21.9 Å². The molecule has 2 aromatic rings. The van der Waals surface area contributed by atoms with E-state index < -0.39 is 5.97 Å². The molecule has 0 saturated carbocycles. The number of amidine groups is 1. The third-order valence-electron chi connectivity index (χ3n) is 3.42. The van der Waals surface area contributed by atoms with Crippen molar-refractivity contribution >= 4 is 23.5 Å². The second-order valence-corrected chi connectivity index (χ2v) is 5.22. The van der Waals surface area contributed by atoms with Crippen molar-refractivity contribution in [3.8, 4) is 5.75 Å². The summed E-state index contributed by atoms with van der Waals surface area (Å²) in [7, 11) is 0. The average molecular weight is 325 g/mol. The van der Waals surface area contributed by atoms with Crippen molar-refractivity contribution in [3.05, 3.63) is 59.7 Å². The van der Waals surface area contributed by atoms with E-state index >= 15 is 0 Å². The van der Waals surface area contributed by atoms with E-state index in [4.69, 9.17) is 27.3 Å². The number of rotatable bonds is 5. The molecule has 1 unspecified atom stereocenters. The first kappa shape index (κ1) is 17.0. The first-order chi connectivity index (χ1) is 11.4. The highest BCUT2D eigenvalue weighted by Crippen LogP contribution is 2.20. The second-order valence-electron chi connectivity index (χ2n) is 5.22. The Kier molecular flexibility index (Phi) is 5.16. The molecule has 0 aliphatic carbocycles. The number of hydrogen-bond acceptors (Lipinski definition) is 4. The van der Waals surface area contributed by atoms with Gasteiger partial charge in [-0.15, -0.1) is 0 Å². The molecule has 0 bridgehead atoms. The number of guanidine groups is 1. The van der Waals surface area contributed by atoms with Crippen LogP contribution in [0.25, 0.3) is 0 Å². The SMILES string of the molecule is CC(C(=N)N)c1ccc(OC(=O)c2ccc(N=C(N)N)cc2)cc1. The van der Waals surface area contributed by atoms with Gasteiger partial charge in [-0.25, -0.2) is 9.79 Å². The molecule has 0 spiro atoms. The monoisotopic (exact) mass is 325 g/mol. The summed E-state index contributed by atoms with van der Waals surface area (Å²) in [6.07, 6.45) is 0. The van der Waals surface area contributed by atoms with Crippen molar-refractivity contribution in [2.75, 3.05) is 0 Å². The highest BCUT2D eigenvalue weighted by Gasteiger charge is 2.11. The zero-order chi connectivity index (χ0) is 17.7. The second kappa shape index (κ2) is 7.28. The molecule has 1 atom stereocenters. The Balaban J connectivity index is 2.06. The van der Waals surface area contributed by atoms with Crippen molar-refractivity contribution in [2.45, 2.75) is 12.8 Å². The minimum atomic E-state index is -0.487. The number of nitrogens with zero attached hydrogens (tertiary/aromatic N) is 1. The molecule has 7 nitrogen and oxygen atoms in total. The molecule has 2 aromatic carbocycles. The normalized spacial score (nSPS) is 11.4. The number of nitrogens with two attached hydrogens (primary N) is 3. The van der Waals surface area contributed by atoms with E-state index in [1.165, 1.54) is 0 Å². The maximum Gasteiger partial charge on any atom is 0.343 e. The summed E-state index contributed by atoms with van der Waals surface area (Å²) in [4.78, 5) is 16.0. The van der Waals surface area contributed by atoms with Gasteiger partial charge in [0.2, 0.25) is 0 Å². The van der Waals surface area contributed by atoms with Crippen LogP contribution >= 0.6 is 0 Å². The molecular formula is C17H19N5O2. The van der Waals surface area contributed by atoms with Gasteiger partial charge in [-0.2, -0.15) is 0 Å². The van der Waals surface area contributed by atoms with E-state index in [9.17, 15) is 4.79 Å². The predicted molar refractivity (Wildman–Crippen MR) is 93.6 cm³/mol. The predicted octanol–water partition coefficient (Wildman–Crippen LogP) is 1.85. The zero-order valence-corrected chi connectivity index (χ0v) is 13.2. The van der Waals surface area contributed by atoms with Gasteiger partial charge in [0.15, 0.2) is 5.96 Å². The Bertz CT molecular complexity index is 763. The van der Waals surface area contributed by atoms with Crippen molar-refractivity contribution in [1.29, 1.82) is 5.41 Å². The van der Waals surface area contributed by atoms with Crippen LogP contribution in [-0.2, 0) is 0 Å². The van der Waals surface area contributed by atoms with Crippen LogP contribution in [0.15, 0.2) is 53.5 Å². The number of aliphatic imine (C=N–C) groups is 1. The van der Waals surface area contributed by atoms with Gasteiger partial charge in [-0.1, -0.05) is 19.1 Å². The number of carbonyl (C=O) groups excluding carboxylic acids is 1. The first-order valence-corrected chi connectivity index (χ1v) is 7.22. The lowest BCUT2D eigenvalue weighted by Crippen LogP contribution is -2.21. The van der Waals surface area contributed by atoms with E-state index in [1.807, 2.05) is 6.92 Å². The summed E-state index contributed by atoms with van der Waals surface area (Å²) < 4.78 is 5.31. The highest BCUT2D eigenvalue weighted by molar-refractivity contribution is 5.91. The van der Waals surface area contributed by atoms with Gasteiger partial charge in [-0.3, -0.25) is 5.41 Å². The van der Waals surface area contributed by atoms with Crippen LogP contribution in [0, 0.1) is 5.41 Å². The Hall–Kier alpha value is -3.35. The van der Waals surface area contributed by atoms with Gasteiger partial charge in [0.1, 0.15) is 5.75 Å². The number of hydrogen-bond donors (Lipinski definition) is 4. The fourth-order valence-corrected chi connectivity index (χ4v) is 1.99. The van der Waals surface area contributed by atoms with Crippen LogP contribution in [-0.4, -0.2) is 17.8 Å². The summed E-state index contributed by atoms with van der Waals surface area (Å²) in [5.41, 5.74) is 17.9. The quantitative estimate of drug-likeness (QED) is 0.287. The van der Waals surface area contributed by atoms with Crippen LogP contribution in [0.5, 0.6) is 5.75 Å². The van der Waals surface area contributed by atoms with E-state index in [-0.39, 0.29) is 17.7 Å². The lowest BCUT2D eigenvalue weighted by atomic mass is 10.0. The van der Waals surface area contributed by atoms with Gasteiger partial charge >= 0.3 is 5.97 Å². The molecular weight excluding hydrogens is 306 g/mol. The van der Waals surface area contributed by atoms with Crippen LogP contribution in [0.2, 0.25) is 0 Å². The van der Waals surface area contributed by atoms with Gasteiger partial charge in [-0.05, 0) is 42.0 Å². The molecule has 0 aliphatic rings. The fraction of sp³-hybridized carbons (Fsp3) is 0.118. The van der Waals surface area contributed by atoms with E-state index in [0.29, 0.717) is 17.0 Å². The van der Waals surface area contributed by atoms with Gasteiger partial charge in [0, 0.05) is 5.92 Å². The highest BCUT2D eigenvalue weighted by atomic mass is 16.5.